The Bertz CT molecular complexity index is 310. The Morgan fingerprint density at radius 1 is 1.22 bits per heavy atom. The molecule has 1 aromatic heterocycles. The van der Waals surface area contributed by atoms with E-state index in [0.29, 0.717) is 6.10 Å². The van der Waals surface area contributed by atoms with Gasteiger partial charge in [0.25, 0.3) is 0 Å². The second kappa shape index (κ2) is 9.09. The lowest BCUT2D eigenvalue weighted by atomic mass is 10.2. The second-order valence-electron chi connectivity index (χ2n) is 5.06. The van der Waals surface area contributed by atoms with Crippen LogP contribution in [-0.4, -0.2) is 27.7 Å². The van der Waals surface area contributed by atoms with E-state index in [1.165, 1.54) is 19.3 Å². The number of ether oxygens (including phenoxy) is 1. The van der Waals surface area contributed by atoms with Gasteiger partial charge in [0.2, 0.25) is 0 Å². The monoisotopic (exact) mass is 253 g/mol. The molecule has 0 unspecified atom stereocenters. The van der Waals surface area contributed by atoms with Gasteiger partial charge >= 0.3 is 0 Å². The molecule has 1 rings (SSSR count). The maximum Gasteiger partial charge on any atom is 0.0827 e. The molecule has 0 aliphatic rings. The van der Waals surface area contributed by atoms with E-state index in [4.69, 9.17) is 4.74 Å². The maximum absolute atomic E-state index is 5.51. The molecule has 0 saturated heterocycles. The molecule has 0 aliphatic carbocycles. The lowest BCUT2D eigenvalue weighted by Crippen LogP contribution is -2.04. The summed E-state index contributed by atoms with van der Waals surface area (Å²) >= 11 is 0. The first-order chi connectivity index (χ1) is 8.72. The third kappa shape index (κ3) is 6.74. The van der Waals surface area contributed by atoms with Gasteiger partial charge in [0, 0.05) is 19.3 Å². The third-order valence-corrected chi connectivity index (χ3v) is 2.86. The number of aromatic nitrogens is 3. The van der Waals surface area contributed by atoms with Crippen molar-refractivity contribution in [3.63, 3.8) is 0 Å². The average molecular weight is 253 g/mol. The minimum atomic E-state index is 0.349. The van der Waals surface area contributed by atoms with Crippen LogP contribution in [0, 0.1) is 0 Å². The molecule has 18 heavy (non-hydrogen) atoms. The summed E-state index contributed by atoms with van der Waals surface area (Å²) in [7, 11) is 0. The second-order valence-corrected chi connectivity index (χ2v) is 5.06. The van der Waals surface area contributed by atoms with Gasteiger partial charge in [0.1, 0.15) is 0 Å². The molecule has 0 amide bonds. The Morgan fingerprint density at radius 3 is 2.78 bits per heavy atom. The number of rotatable bonds is 10. The minimum absolute atomic E-state index is 0.349. The van der Waals surface area contributed by atoms with Gasteiger partial charge in [0.05, 0.1) is 11.8 Å². The lowest BCUT2D eigenvalue weighted by Gasteiger charge is -2.06. The van der Waals surface area contributed by atoms with Crippen molar-refractivity contribution < 1.29 is 4.74 Å². The normalized spacial score (nSPS) is 11.3. The van der Waals surface area contributed by atoms with E-state index in [9.17, 15) is 0 Å². The molecule has 0 radical (unpaired) electrons. The molecule has 0 N–H and O–H groups in total. The van der Waals surface area contributed by atoms with Crippen LogP contribution in [0.2, 0.25) is 0 Å². The molecule has 0 fully saturated rings. The maximum atomic E-state index is 5.51. The van der Waals surface area contributed by atoms with Crippen LogP contribution in [0.4, 0.5) is 0 Å². The van der Waals surface area contributed by atoms with Crippen LogP contribution in [0.25, 0.3) is 0 Å². The molecule has 1 heterocycles. The van der Waals surface area contributed by atoms with E-state index in [-0.39, 0.29) is 0 Å². The first-order valence-electron chi connectivity index (χ1n) is 7.23. The summed E-state index contributed by atoms with van der Waals surface area (Å²) in [4.78, 5) is 0. The standard InChI is InChI=1S/C14H27N3O/c1-4-5-9-14-12-17(16-15-14)10-7-6-8-11-18-13(2)3/h12-13H,4-11H2,1-3H3. The van der Waals surface area contributed by atoms with Gasteiger partial charge in [-0.3, -0.25) is 4.68 Å². The van der Waals surface area contributed by atoms with E-state index in [1.807, 2.05) is 4.68 Å². The summed E-state index contributed by atoms with van der Waals surface area (Å²) in [6.07, 6.45) is 9.37. The van der Waals surface area contributed by atoms with Gasteiger partial charge in [0.15, 0.2) is 0 Å². The predicted octanol–water partition coefficient (Wildman–Crippen LogP) is 3.22. The molecule has 0 aromatic carbocycles. The summed E-state index contributed by atoms with van der Waals surface area (Å²) in [5, 5.41) is 8.33. The number of nitrogens with zero attached hydrogens (tertiary/aromatic N) is 3. The topological polar surface area (TPSA) is 39.9 Å². The highest BCUT2D eigenvalue weighted by Gasteiger charge is 2.00. The van der Waals surface area contributed by atoms with Crippen molar-refractivity contribution in [2.45, 2.75) is 71.9 Å². The van der Waals surface area contributed by atoms with Crippen molar-refractivity contribution >= 4 is 0 Å². The average Bonchev–Trinajstić information content (AvgIpc) is 2.78. The van der Waals surface area contributed by atoms with Crippen molar-refractivity contribution in [1.82, 2.24) is 15.0 Å². The van der Waals surface area contributed by atoms with E-state index in [2.05, 4.69) is 37.3 Å². The van der Waals surface area contributed by atoms with Gasteiger partial charge in [-0.2, -0.15) is 0 Å². The molecule has 0 atom stereocenters. The molecule has 0 bridgehead atoms. The Balaban J connectivity index is 2.06. The summed E-state index contributed by atoms with van der Waals surface area (Å²) in [5.74, 6) is 0. The zero-order valence-electron chi connectivity index (χ0n) is 12.1. The number of hydrogen-bond acceptors (Lipinski definition) is 3. The summed E-state index contributed by atoms with van der Waals surface area (Å²) in [6, 6.07) is 0. The molecule has 0 aliphatic heterocycles. The highest BCUT2D eigenvalue weighted by atomic mass is 16.5. The molecule has 1 aromatic rings. The van der Waals surface area contributed by atoms with Gasteiger partial charge in [-0.25, -0.2) is 0 Å². The highest BCUT2D eigenvalue weighted by Crippen LogP contribution is 2.03. The molecule has 104 valence electrons. The zero-order valence-corrected chi connectivity index (χ0v) is 12.1. The van der Waals surface area contributed by atoms with E-state index >= 15 is 0 Å². The van der Waals surface area contributed by atoms with Crippen molar-refractivity contribution in [2.75, 3.05) is 6.61 Å². The lowest BCUT2D eigenvalue weighted by molar-refractivity contribution is 0.0755. The SMILES string of the molecule is CCCCc1cn(CCCCCOC(C)C)nn1. The molecule has 0 spiro atoms. The minimum Gasteiger partial charge on any atom is -0.379 e. The first kappa shape index (κ1) is 15.2. The fourth-order valence-electron chi connectivity index (χ4n) is 1.79. The number of hydrogen-bond donors (Lipinski definition) is 0. The van der Waals surface area contributed by atoms with Crippen LogP contribution in [0.5, 0.6) is 0 Å². The van der Waals surface area contributed by atoms with Gasteiger partial charge in [-0.15, -0.1) is 5.10 Å². The molecule has 0 saturated carbocycles. The predicted molar refractivity (Wildman–Crippen MR) is 73.6 cm³/mol. The summed E-state index contributed by atoms with van der Waals surface area (Å²) in [6.45, 7) is 8.20. The van der Waals surface area contributed by atoms with E-state index in [1.54, 1.807) is 0 Å². The Morgan fingerprint density at radius 2 is 2.06 bits per heavy atom. The first-order valence-corrected chi connectivity index (χ1v) is 7.23. The van der Waals surface area contributed by atoms with E-state index < -0.39 is 0 Å². The molecule has 4 nitrogen and oxygen atoms in total. The number of aryl methyl sites for hydroxylation is 2. The Hall–Kier alpha value is -0.900. The van der Waals surface area contributed by atoms with Gasteiger partial charge in [-0.05, 0) is 46.0 Å². The van der Waals surface area contributed by atoms with Crippen molar-refractivity contribution in [2.24, 2.45) is 0 Å². The van der Waals surface area contributed by atoms with Crippen LogP contribution < -0.4 is 0 Å². The largest absolute Gasteiger partial charge is 0.379 e. The van der Waals surface area contributed by atoms with Crippen LogP contribution >= 0.6 is 0 Å². The Labute approximate surface area is 111 Å². The van der Waals surface area contributed by atoms with Crippen molar-refractivity contribution in [3.8, 4) is 0 Å². The smallest absolute Gasteiger partial charge is 0.0827 e. The van der Waals surface area contributed by atoms with Gasteiger partial charge < -0.3 is 4.74 Å². The molecular weight excluding hydrogens is 226 g/mol. The van der Waals surface area contributed by atoms with Crippen LogP contribution in [0.3, 0.4) is 0 Å². The van der Waals surface area contributed by atoms with Crippen molar-refractivity contribution in [1.29, 1.82) is 0 Å². The van der Waals surface area contributed by atoms with Crippen LogP contribution in [0.15, 0.2) is 6.20 Å². The zero-order chi connectivity index (χ0) is 13.2. The van der Waals surface area contributed by atoms with Crippen LogP contribution in [-0.2, 0) is 17.7 Å². The summed E-state index contributed by atoms with van der Waals surface area (Å²) < 4.78 is 7.47. The third-order valence-electron chi connectivity index (χ3n) is 2.86. The quantitative estimate of drug-likeness (QED) is 0.601. The number of unbranched alkanes of at least 4 members (excludes halogenated alkanes) is 3. The Kier molecular flexibility index (Phi) is 7.65. The highest BCUT2D eigenvalue weighted by molar-refractivity contribution is 4.91. The fourth-order valence-corrected chi connectivity index (χ4v) is 1.79. The summed E-state index contributed by atoms with van der Waals surface area (Å²) in [5.41, 5.74) is 1.12. The van der Waals surface area contributed by atoms with Gasteiger partial charge in [-0.1, -0.05) is 18.6 Å². The molecular formula is C14H27N3O. The fraction of sp³-hybridized carbons (Fsp3) is 0.857. The van der Waals surface area contributed by atoms with Crippen molar-refractivity contribution in [3.05, 3.63) is 11.9 Å². The van der Waals surface area contributed by atoms with E-state index in [0.717, 1.165) is 38.1 Å². The van der Waals surface area contributed by atoms with Crippen LogP contribution in [0.1, 0.15) is 58.6 Å². The molecule has 4 heteroatoms.